The van der Waals surface area contributed by atoms with E-state index in [0.717, 1.165) is 56.4 Å². The Kier molecular flexibility index (Phi) is 10.4. The molecule has 0 unspecified atom stereocenters. The maximum absolute atomic E-state index is 6.21. The molecule has 0 N–H and O–H groups in total. The minimum atomic E-state index is 0.467. The lowest BCUT2D eigenvalue weighted by atomic mass is 10.1. The molecule has 0 atom stereocenters. The van der Waals surface area contributed by atoms with Crippen molar-refractivity contribution in [3.05, 3.63) is 191 Å². The molecule has 0 aliphatic carbocycles. The maximum atomic E-state index is 6.21. The van der Waals surface area contributed by atoms with Crippen molar-refractivity contribution in [1.82, 2.24) is 0 Å². The Morgan fingerprint density at radius 2 is 0.543 bits per heavy atom. The van der Waals surface area contributed by atoms with Crippen molar-refractivity contribution in [1.29, 1.82) is 0 Å². The molecule has 0 aromatic heterocycles. The van der Waals surface area contributed by atoms with Gasteiger partial charge in [-0.15, -0.1) is 0 Å². The molecular formula is C42H36O4. The predicted molar refractivity (Wildman–Crippen MR) is 185 cm³/mol. The normalized spacial score (nSPS) is 10.9. The molecule has 0 spiro atoms. The molecule has 0 amide bonds. The molecule has 0 fully saturated rings. The second kappa shape index (κ2) is 15.8. The highest BCUT2D eigenvalue weighted by Crippen LogP contribution is 2.29. The minimum absolute atomic E-state index is 0.467. The third-order valence-corrected chi connectivity index (χ3v) is 7.27. The molecule has 228 valence electrons. The molecule has 6 aromatic carbocycles. The van der Waals surface area contributed by atoms with Crippen molar-refractivity contribution in [3.8, 4) is 23.0 Å². The molecule has 4 heteroatoms. The Labute approximate surface area is 271 Å². The summed E-state index contributed by atoms with van der Waals surface area (Å²) in [5, 5.41) is 0. The van der Waals surface area contributed by atoms with Crippen LogP contribution in [-0.4, -0.2) is 0 Å². The standard InChI is InChI=1S/C42H36O4/c1-5-13-33(14-6-1)29-43-39-23-37(24-40(27-39)44-30-34-15-7-2-8-16-34)21-22-38-25-41(45-31-35-17-9-3-10-18-35)28-42(26-38)46-32-36-19-11-4-12-20-36/h1-28H,29-32H2/b22-21+. The second-order valence-electron chi connectivity index (χ2n) is 10.9. The molecule has 0 saturated carbocycles. The Morgan fingerprint density at radius 1 is 0.304 bits per heavy atom. The molecule has 0 aliphatic rings. The van der Waals surface area contributed by atoms with Crippen LogP contribution in [0.1, 0.15) is 33.4 Å². The van der Waals surface area contributed by atoms with Gasteiger partial charge >= 0.3 is 0 Å². The van der Waals surface area contributed by atoms with Crippen LogP contribution in [0.25, 0.3) is 12.2 Å². The summed E-state index contributed by atoms with van der Waals surface area (Å²) < 4.78 is 24.8. The minimum Gasteiger partial charge on any atom is -0.489 e. The molecule has 4 nitrogen and oxygen atoms in total. The van der Waals surface area contributed by atoms with E-state index in [1.54, 1.807) is 0 Å². The monoisotopic (exact) mass is 604 g/mol. The lowest BCUT2D eigenvalue weighted by Gasteiger charge is -2.13. The fourth-order valence-corrected chi connectivity index (χ4v) is 4.87. The van der Waals surface area contributed by atoms with Gasteiger partial charge in [-0.05, 0) is 57.6 Å². The smallest absolute Gasteiger partial charge is 0.124 e. The van der Waals surface area contributed by atoms with Crippen LogP contribution in [0, 0.1) is 0 Å². The number of ether oxygens (including phenoxy) is 4. The summed E-state index contributed by atoms with van der Waals surface area (Å²) in [6, 6.07) is 52.6. The molecular weight excluding hydrogens is 568 g/mol. The van der Waals surface area contributed by atoms with E-state index in [1.165, 1.54) is 0 Å². The van der Waals surface area contributed by atoms with Crippen molar-refractivity contribution in [2.45, 2.75) is 26.4 Å². The lowest BCUT2D eigenvalue weighted by Crippen LogP contribution is -1.99. The van der Waals surface area contributed by atoms with Gasteiger partial charge in [0.2, 0.25) is 0 Å². The zero-order valence-electron chi connectivity index (χ0n) is 25.6. The summed E-state index contributed by atoms with van der Waals surface area (Å²) in [5.74, 6) is 2.95. The summed E-state index contributed by atoms with van der Waals surface area (Å²) in [5.41, 5.74) is 6.32. The first kappa shape index (κ1) is 30.3. The molecule has 0 heterocycles. The molecule has 6 rings (SSSR count). The maximum Gasteiger partial charge on any atom is 0.124 e. The van der Waals surface area contributed by atoms with E-state index >= 15 is 0 Å². The van der Waals surface area contributed by atoms with E-state index in [2.05, 4.69) is 60.7 Å². The third kappa shape index (κ3) is 9.38. The average molecular weight is 605 g/mol. The summed E-state index contributed by atoms with van der Waals surface area (Å²) in [6.45, 7) is 1.87. The highest BCUT2D eigenvalue weighted by atomic mass is 16.5. The van der Waals surface area contributed by atoms with E-state index in [4.69, 9.17) is 18.9 Å². The first-order valence-electron chi connectivity index (χ1n) is 15.4. The van der Waals surface area contributed by atoms with Gasteiger partial charge in [0.15, 0.2) is 0 Å². The lowest BCUT2D eigenvalue weighted by molar-refractivity contribution is 0.289. The van der Waals surface area contributed by atoms with Crippen molar-refractivity contribution in [2.24, 2.45) is 0 Å². The van der Waals surface area contributed by atoms with Gasteiger partial charge in [-0.2, -0.15) is 0 Å². The van der Waals surface area contributed by atoms with E-state index in [-0.39, 0.29) is 0 Å². The quantitative estimate of drug-likeness (QED) is 0.116. The van der Waals surface area contributed by atoms with Gasteiger partial charge in [-0.1, -0.05) is 133 Å². The summed E-state index contributed by atoms with van der Waals surface area (Å²) in [7, 11) is 0. The first-order valence-corrected chi connectivity index (χ1v) is 15.4. The summed E-state index contributed by atoms with van der Waals surface area (Å²) in [4.78, 5) is 0. The molecule has 0 aliphatic heterocycles. The van der Waals surface area contributed by atoms with Gasteiger partial charge in [-0.3, -0.25) is 0 Å². The fraction of sp³-hybridized carbons (Fsp3) is 0.0952. The van der Waals surface area contributed by atoms with Crippen LogP contribution in [0.4, 0.5) is 0 Å². The fourth-order valence-electron chi connectivity index (χ4n) is 4.87. The van der Waals surface area contributed by atoms with Gasteiger partial charge in [0.1, 0.15) is 49.4 Å². The Balaban J connectivity index is 1.24. The molecule has 6 aromatic rings. The Hall–Kier alpha value is -5.74. The number of benzene rings is 6. The zero-order valence-corrected chi connectivity index (χ0v) is 25.6. The van der Waals surface area contributed by atoms with Gasteiger partial charge in [0.05, 0.1) is 0 Å². The van der Waals surface area contributed by atoms with Crippen LogP contribution in [0.2, 0.25) is 0 Å². The Morgan fingerprint density at radius 3 is 0.783 bits per heavy atom. The van der Waals surface area contributed by atoms with Crippen LogP contribution in [0.5, 0.6) is 23.0 Å². The molecule has 0 radical (unpaired) electrons. The SMILES string of the molecule is C(=C\c1cc(OCc2ccccc2)cc(OCc2ccccc2)c1)/c1cc(OCc2ccccc2)cc(OCc2ccccc2)c1. The molecule has 46 heavy (non-hydrogen) atoms. The van der Waals surface area contributed by atoms with Crippen LogP contribution in [0.3, 0.4) is 0 Å². The van der Waals surface area contributed by atoms with Crippen LogP contribution >= 0.6 is 0 Å². The van der Waals surface area contributed by atoms with E-state index in [1.807, 2.05) is 109 Å². The van der Waals surface area contributed by atoms with E-state index in [9.17, 15) is 0 Å². The Bertz CT molecular complexity index is 1560. The zero-order chi connectivity index (χ0) is 31.2. The van der Waals surface area contributed by atoms with Gasteiger partial charge in [-0.25, -0.2) is 0 Å². The van der Waals surface area contributed by atoms with Crippen LogP contribution < -0.4 is 18.9 Å². The van der Waals surface area contributed by atoms with Crippen molar-refractivity contribution >= 4 is 12.2 Å². The van der Waals surface area contributed by atoms with Crippen molar-refractivity contribution in [2.75, 3.05) is 0 Å². The topological polar surface area (TPSA) is 36.9 Å². The summed E-state index contributed by atoms with van der Waals surface area (Å²) >= 11 is 0. The first-order chi connectivity index (χ1) is 22.7. The third-order valence-electron chi connectivity index (χ3n) is 7.27. The number of rotatable bonds is 14. The predicted octanol–water partition coefficient (Wildman–Crippen LogP) is 10.2. The largest absolute Gasteiger partial charge is 0.489 e. The van der Waals surface area contributed by atoms with Crippen molar-refractivity contribution < 1.29 is 18.9 Å². The highest BCUT2D eigenvalue weighted by molar-refractivity contribution is 5.72. The van der Waals surface area contributed by atoms with Gasteiger partial charge < -0.3 is 18.9 Å². The molecule has 0 saturated heterocycles. The van der Waals surface area contributed by atoms with E-state index < -0.39 is 0 Å². The van der Waals surface area contributed by atoms with Gasteiger partial charge in [0, 0.05) is 12.1 Å². The van der Waals surface area contributed by atoms with Gasteiger partial charge in [0.25, 0.3) is 0 Å². The van der Waals surface area contributed by atoms with Crippen LogP contribution in [-0.2, 0) is 26.4 Å². The molecule has 0 bridgehead atoms. The summed E-state index contributed by atoms with van der Waals surface area (Å²) in [6.07, 6.45) is 4.12. The number of hydrogen-bond acceptors (Lipinski definition) is 4. The second-order valence-corrected chi connectivity index (χ2v) is 10.9. The van der Waals surface area contributed by atoms with E-state index in [0.29, 0.717) is 26.4 Å². The number of hydrogen-bond donors (Lipinski definition) is 0. The average Bonchev–Trinajstić information content (AvgIpc) is 3.12. The van der Waals surface area contributed by atoms with Crippen molar-refractivity contribution in [3.63, 3.8) is 0 Å². The highest BCUT2D eigenvalue weighted by Gasteiger charge is 2.07. The van der Waals surface area contributed by atoms with Crippen LogP contribution in [0.15, 0.2) is 158 Å².